The van der Waals surface area contributed by atoms with Crippen molar-refractivity contribution < 1.29 is 9.59 Å². The van der Waals surface area contributed by atoms with E-state index in [1.165, 1.54) is 18.2 Å². The fourth-order valence-corrected chi connectivity index (χ4v) is 1.06. The van der Waals surface area contributed by atoms with Crippen molar-refractivity contribution in [3.8, 4) is 0 Å². The van der Waals surface area contributed by atoms with Crippen LogP contribution in [-0.4, -0.2) is 11.8 Å². The molecule has 1 aromatic rings. The average molecular weight is 194 g/mol. The monoisotopic (exact) mass is 194 g/mol. The minimum Gasteiger partial charge on any atom is -0.397 e. The zero-order chi connectivity index (χ0) is 10.7. The van der Waals surface area contributed by atoms with E-state index in [0.717, 1.165) is 0 Å². The standard InChI is InChI=1S/C8H10N4O2/c9-6-4(7(10)13)2-1-3-5(6)8(14)12-11/h1-3H,9,11H2,(H2,10,13)(H,12,14). The van der Waals surface area contributed by atoms with E-state index in [9.17, 15) is 9.59 Å². The Bertz CT molecular complexity index is 389. The van der Waals surface area contributed by atoms with Gasteiger partial charge in [0.05, 0.1) is 16.8 Å². The molecule has 6 nitrogen and oxygen atoms in total. The van der Waals surface area contributed by atoms with E-state index in [1.54, 1.807) is 0 Å². The second-order valence-corrected chi connectivity index (χ2v) is 2.60. The quantitative estimate of drug-likeness (QED) is 0.208. The van der Waals surface area contributed by atoms with Crippen LogP contribution in [0.25, 0.3) is 0 Å². The number of hydrazine groups is 1. The first kappa shape index (κ1) is 10.0. The van der Waals surface area contributed by atoms with Crippen molar-refractivity contribution in [2.75, 3.05) is 5.73 Å². The highest BCUT2D eigenvalue weighted by Crippen LogP contribution is 2.16. The molecule has 74 valence electrons. The molecule has 0 saturated carbocycles. The average Bonchev–Trinajstić information content (AvgIpc) is 2.16. The zero-order valence-electron chi connectivity index (χ0n) is 7.28. The molecule has 0 fully saturated rings. The number of nitrogen functional groups attached to an aromatic ring is 2. The molecule has 0 aliphatic carbocycles. The number of nitrogens with two attached hydrogens (primary N) is 3. The van der Waals surface area contributed by atoms with E-state index in [1.807, 2.05) is 5.43 Å². The van der Waals surface area contributed by atoms with Gasteiger partial charge in [-0.05, 0) is 12.1 Å². The maximum atomic E-state index is 11.1. The zero-order valence-corrected chi connectivity index (χ0v) is 7.28. The lowest BCUT2D eigenvalue weighted by Crippen LogP contribution is -2.31. The van der Waals surface area contributed by atoms with Crippen LogP contribution in [0, 0.1) is 0 Å². The third-order valence-corrected chi connectivity index (χ3v) is 1.75. The Morgan fingerprint density at radius 1 is 1.21 bits per heavy atom. The second kappa shape index (κ2) is 3.75. The van der Waals surface area contributed by atoms with E-state index in [0.29, 0.717) is 0 Å². The third-order valence-electron chi connectivity index (χ3n) is 1.75. The van der Waals surface area contributed by atoms with Crippen molar-refractivity contribution in [1.29, 1.82) is 0 Å². The van der Waals surface area contributed by atoms with Crippen molar-refractivity contribution >= 4 is 17.5 Å². The van der Waals surface area contributed by atoms with Gasteiger partial charge in [-0.15, -0.1) is 0 Å². The van der Waals surface area contributed by atoms with Gasteiger partial charge in [0.2, 0.25) is 0 Å². The van der Waals surface area contributed by atoms with Gasteiger partial charge in [0.15, 0.2) is 0 Å². The number of nitrogens with one attached hydrogen (secondary N) is 1. The van der Waals surface area contributed by atoms with Gasteiger partial charge in [0.1, 0.15) is 0 Å². The molecule has 0 aromatic heterocycles. The number of anilines is 1. The number of hydrogen-bond acceptors (Lipinski definition) is 4. The first-order chi connectivity index (χ1) is 6.57. The molecule has 2 amide bonds. The van der Waals surface area contributed by atoms with Crippen LogP contribution in [-0.2, 0) is 0 Å². The molecule has 0 atom stereocenters. The Balaban J connectivity index is 3.27. The summed E-state index contributed by atoms with van der Waals surface area (Å²) in [5.74, 6) is 3.68. The van der Waals surface area contributed by atoms with E-state index >= 15 is 0 Å². The topological polar surface area (TPSA) is 124 Å². The lowest BCUT2D eigenvalue weighted by molar-refractivity contribution is 0.0954. The molecule has 0 bridgehead atoms. The van der Waals surface area contributed by atoms with Gasteiger partial charge < -0.3 is 11.5 Å². The largest absolute Gasteiger partial charge is 0.397 e. The molecule has 1 rings (SSSR count). The van der Waals surface area contributed by atoms with Crippen LogP contribution in [0.5, 0.6) is 0 Å². The highest BCUT2D eigenvalue weighted by atomic mass is 16.2. The Morgan fingerprint density at radius 3 is 2.29 bits per heavy atom. The number of primary amides is 1. The van der Waals surface area contributed by atoms with Crippen LogP contribution in [0.15, 0.2) is 18.2 Å². The number of para-hydroxylation sites is 1. The number of rotatable bonds is 2. The minimum atomic E-state index is -0.686. The van der Waals surface area contributed by atoms with Gasteiger partial charge in [-0.1, -0.05) is 6.07 Å². The number of carbonyl (C=O) groups is 2. The van der Waals surface area contributed by atoms with Gasteiger partial charge >= 0.3 is 0 Å². The Hall–Kier alpha value is -2.08. The molecule has 0 aliphatic rings. The SMILES string of the molecule is NNC(=O)c1cccc(C(N)=O)c1N. The summed E-state index contributed by atoms with van der Waals surface area (Å²) in [7, 11) is 0. The maximum absolute atomic E-state index is 11.1. The second-order valence-electron chi connectivity index (χ2n) is 2.60. The van der Waals surface area contributed by atoms with E-state index in [2.05, 4.69) is 0 Å². The highest BCUT2D eigenvalue weighted by Gasteiger charge is 2.13. The molecule has 14 heavy (non-hydrogen) atoms. The van der Waals surface area contributed by atoms with Gasteiger partial charge in [-0.3, -0.25) is 15.0 Å². The molecule has 0 unspecified atom stereocenters. The molecular weight excluding hydrogens is 184 g/mol. The molecule has 6 heteroatoms. The van der Waals surface area contributed by atoms with Crippen LogP contribution < -0.4 is 22.7 Å². The van der Waals surface area contributed by atoms with Gasteiger partial charge in [0.25, 0.3) is 11.8 Å². The normalized spacial score (nSPS) is 9.50. The lowest BCUT2D eigenvalue weighted by atomic mass is 10.1. The fraction of sp³-hybridized carbons (Fsp3) is 0. The smallest absolute Gasteiger partial charge is 0.267 e. The number of hydrogen-bond donors (Lipinski definition) is 4. The van der Waals surface area contributed by atoms with Gasteiger partial charge in [0, 0.05) is 0 Å². The van der Waals surface area contributed by atoms with E-state index < -0.39 is 11.8 Å². The number of benzene rings is 1. The van der Waals surface area contributed by atoms with Crippen LogP contribution in [0.3, 0.4) is 0 Å². The molecule has 0 radical (unpaired) electrons. The van der Waals surface area contributed by atoms with Crippen molar-refractivity contribution in [3.05, 3.63) is 29.3 Å². The predicted octanol–water partition coefficient (Wildman–Crippen LogP) is -1.03. The van der Waals surface area contributed by atoms with Crippen LogP contribution in [0.1, 0.15) is 20.7 Å². The number of carbonyl (C=O) groups excluding carboxylic acids is 2. The summed E-state index contributed by atoms with van der Waals surface area (Å²) >= 11 is 0. The molecule has 0 heterocycles. The van der Waals surface area contributed by atoms with Gasteiger partial charge in [-0.2, -0.15) is 0 Å². The third kappa shape index (κ3) is 1.64. The Labute approximate surface area is 80.0 Å². The summed E-state index contributed by atoms with van der Waals surface area (Å²) in [5, 5.41) is 0. The Kier molecular flexibility index (Phi) is 2.68. The lowest BCUT2D eigenvalue weighted by Gasteiger charge is -2.06. The molecular formula is C8H10N4O2. The molecule has 0 spiro atoms. The highest BCUT2D eigenvalue weighted by molar-refractivity contribution is 6.06. The molecule has 0 aliphatic heterocycles. The number of amides is 2. The summed E-state index contributed by atoms with van der Waals surface area (Å²) in [6.07, 6.45) is 0. The van der Waals surface area contributed by atoms with Crippen LogP contribution in [0.2, 0.25) is 0 Å². The summed E-state index contributed by atoms with van der Waals surface area (Å²) in [4.78, 5) is 22.0. The summed E-state index contributed by atoms with van der Waals surface area (Å²) < 4.78 is 0. The maximum Gasteiger partial charge on any atom is 0.267 e. The van der Waals surface area contributed by atoms with Crippen LogP contribution >= 0.6 is 0 Å². The van der Waals surface area contributed by atoms with Crippen molar-refractivity contribution in [3.63, 3.8) is 0 Å². The fourth-order valence-electron chi connectivity index (χ4n) is 1.06. The van der Waals surface area contributed by atoms with Crippen molar-refractivity contribution in [2.24, 2.45) is 11.6 Å². The first-order valence-electron chi connectivity index (χ1n) is 3.77. The van der Waals surface area contributed by atoms with Crippen molar-refractivity contribution in [2.45, 2.75) is 0 Å². The predicted molar refractivity (Wildman–Crippen MR) is 51.0 cm³/mol. The summed E-state index contributed by atoms with van der Waals surface area (Å²) in [6.45, 7) is 0. The summed E-state index contributed by atoms with van der Waals surface area (Å²) in [6, 6.07) is 4.38. The molecule has 1 aromatic carbocycles. The van der Waals surface area contributed by atoms with Crippen molar-refractivity contribution in [1.82, 2.24) is 5.43 Å². The van der Waals surface area contributed by atoms with E-state index in [-0.39, 0.29) is 16.8 Å². The van der Waals surface area contributed by atoms with Crippen LogP contribution in [0.4, 0.5) is 5.69 Å². The Morgan fingerprint density at radius 2 is 1.79 bits per heavy atom. The summed E-state index contributed by atoms with van der Waals surface area (Å²) in [5.41, 5.74) is 12.8. The van der Waals surface area contributed by atoms with E-state index in [4.69, 9.17) is 17.3 Å². The molecule has 0 saturated heterocycles. The first-order valence-corrected chi connectivity index (χ1v) is 3.77. The van der Waals surface area contributed by atoms with Gasteiger partial charge in [-0.25, -0.2) is 5.84 Å². The minimum absolute atomic E-state index is 0.0305. The molecule has 7 N–H and O–H groups in total.